The molecule has 0 saturated carbocycles. The topological polar surface area (TPSA) is 71.3 Å². The number of rotatable bonds is 3. The average Bonchev–Trinajstić information content (AvgIpc) is 2.64. The third kappa shape index (κ3) is 4.00. The normalized spacial score (nSPS) is 18.1. The van der Waals surface area contributed by atoms with Crippen LogP contribution in [0.4, 0.5) is 0 Å². The van der Waals surface area contributed by atoms with E-state index < -0.39 is 10.0 Å². The van der Waals surface area contributed by atoms with Gasteiger partial charge in [0.25, 0.3) is 10.0 Å². The van der Waals surface area contributed by atoms with Crippen LogP contribution in [0.5, 0.6) is 11.5 Å². The third-order valence-corrected chi connectivity index (χ3v) is 5.55. The first-order valence-corrected chi connectivity index (χ1v) is 10.4. The number of fused-ring (bicyclic) bond motifs is 1. The van der Waals surface area contributed by atoms with Gasteiger partial charge in [0, 0.05) is 10.6 Å². The van der Waals surface area contributed by atoms with Crippen LogP contribution in [0.1, 0.15) is 5.56 Å². The Morgan fingerprint density at radius 2 is 1.59 bits per heavy atom. The van der Waals surface area contributed by atoms with Gasteiger partial charge in [0.05, 0.1) is 12.3 Å². The summed E-state index contributed by atoms with van der Waals surface area (Å²) in [4.78, 5) is 0. The molecule has 2 aliphatic rings. The number of benzene rings is 2. The first kappa shape index (κ1) is 18.0. The minimum atomic E-state index is -3.51. The van der Waals surface area contributed by atoms with Gasteiger partial charge < -0.3 is 4.74 Å². The molecular formula is C18H13Cl2N3O3S. The van der Waals surface area contributed by atoms with Crippen molar-refractivity contribution < 1.29 is 13.2 Å². The van der Waals surface area contributed by atoms with Crippen molar-refractivity contribution in [3.8, 4) is 11.5 Å². The number of nitrogens with zero attached hydrogens (tertiary/aromatic N) is 3. The van der Waals surface area contributed by atoms with Gasteiger partial charge in [-0.15, -0.1) is 4.40 Å². The molecule has 9 heteroatoms. The lowest BCUT2D eigenvalue weighted by Gasteiger charge is -2.28. The molecule has 138 valence electrons. The largest absolute Gasteiger partial charge is 0.457 e. The van der Waals surface area contributed by atoms with Gasteiger partial charge in [-0.05, 0) is 48.0 Å². The van der Waals surface area contributed by atoms with Gasteiger partial charge in [-0.1, -0.05) is 35.3 Å². The molecule has 0 saturated heterocycles. The molecule has 0 aromatic heterocycles. The number of hydrogen-bond donors (Lipinski definition) is 0. The van der Waals surface area contributed by atoms with E-state index in [0.717, 1.165) is 5.56 Å². The van der Waals surface area contributed by atoms with Gasteiger partial charge in [0.1, 0.15) is 16.7 Å². The SMILES string of the molecule is O=S1(=O)CCN2N=C(Cl)C=C(c3ccc(Oc4ccc(Cl)cc4)cc3)C2=N1. The van der Waals surface area contributed by atoms with Gasteiger partial charge in [-0.3, -0.25) is 0 Å². The van der Waals surface area contributed by atoms with Crippen LogP contribution in [-0.4, -0.2) is 36.7 Å². The summed E-state index contributed by atoms with van der Waals surface area (Å²) in [7, 11) is -3.51. The highest BCUT2D eigenvalue weighted by Crippen LogP contribution is 2.29. The van der Waals surface area contributed by atoms with Crippen molar-refractivity contribution >= 4 is 49.8 Å². The smallest absolute Gasteiger partial charge is 0.256 e. The molecule has 27 heavy (non-hydrogen) atoms. The summed E-state index contributed by atoms with van der Waals surface area (Å²) < 4.78 is 33.4. The summed E-state index contributed by atoms with van der Waals surface area (Å²) in [6.07, 6.45) is 1.60. The van der Waals surface area contributed by atoms with Crippen LogP contribution in [0.25, 0.3) is 5.57 Å². The molecular weight excluding hydrogens is 409 g/mol. The summed E-state index contributed by atoms with van der Waals surface area (Å²) in [6.45, 7) is 0.215. The molecule has 0 fully saturated rings. The summed E-state index contributed by atoms with van der Waals surface area (Å²) >= 11 is 12.0. The molecule has 2 heterocycles. The number of allylic oxidation sites excluding steroid dienone is 1. The number of amidine groups is 1. The highest BCUT2D eigenvalue weighted by Gasteiger charge is 2.30. The summed E-state index contributed by atoms with van der Waals surface area (Å²) in [5.74, 6) is 1.48. The zero-order valence-corrected chi connectivity index (χ0v) is 16.2. The van der Waals surface area contributed by atoms with E-state index in [0.29, 0.717) is 22.1 Å². The van der Waals surface area contributed by atoms with E-state index in [-0.39, 0.29) is 23.3 Å². The summed E-state index contributed by atoms with van der Waals surface area (Å²) in [6, 6.07) is 14.2. The van der Waals surface area contributed by atoms with E-state index in [4.69, 9.17) is 27.9 Å². The molecule has 2 aromatic rings. The van der Waals surface area contributed by atoms with E-state index >= 15 is 0 Å². The van der Waals surface area contributed by atoms with E-state index in [2.05, 4.69) is 9.50 Å². The molecule has 0 atom stereocenters. The second-order valence-corrected chi connectivity index (χ2v) is 8.46. The average molecular weight is 422 g/mol. The zero-order valence-electron chi connectivity index (χ0n) is 13.8. The Morgan fingerprint density at radius 3 is 2.26 bits per heavy atom. The van der Waals surface area contributed by atoms with Crippen molar-refractivity contribution in [2.75, 3.05) is 12.3 Å². The number of sulfonamides is 1. The maximum absolute atomic E-state index is 11.9. The molecule has 0 aliphatic carbocycles. The molecule has 2 aromatic carbocycles. The molecule has 0 spiro atoms. The molecule has 4 rings (SSSR count). The van der Waals surface area contributed by atoms with Crippen LogP contribution >= 0.6 is 23.2 Å². The van der Waals surface area contributed by atoms with Crippen LogP contribution in [0.2, 0.25) is 5.02 Å². The Balaban J connectivity index is 1.63. The predicted octanol–water partition coefficient (Wildman–Crippen LogP) is 4.13. The third-order valence-electron chi connectivity index (χ3n) is 3.97. The Bertz CT molecular complexity index is 1080. The monoisotopic (exact) mass is 421 g/mol. The van der Waals surface area contributed by atoms with Crippen molar-refractivity contribution in [3.05, 3.63) is 65.2 Å². The second-order valence-electron chi connectivity index (χ2n) is 5.89. The fourth-order valence-corrected chi connectivity index (χ4v) is 3.98. The fraction of sp³-hybridized carbons (Fsp3) is 0.111. The molecule has 0 bridgehead atoms. The second kappa shape index (κ2) is 6.99. The minimum Gasteiger partial charge on any atom is -0.457 e. The summed E-state index contributed by atoms with van der Waals surface area (Å²) in [5, 5.41) is 6.55. The van der Waals surface area contributed by atoms with Crippen molar-refractivity contribution in [1.82, 2.24) is 5.01 Å². The van der Waals surface area contributed by atoms with Gasteiger partial charge in [-0.2, -0.15) is 5.10 Å². The van der Waals surface area contributed by atoms with E-state index in [9.17, 15) is 8.42 Å². The van der Waals surface area contributed by atoms with Crippen molar-refractivity contribution in [1.29, 1.82) is 0 Å². The number of hydrogen-bond acceptors (Lipinski definition) is 5. The van der Waals surface area contributed by atoms with Crippen molar-refractivity contribution in [2.24, 2.45) is 9.50 Å². The Hall–Kier alpha value is -2.35. The lowest BCUT2D eigenvalue weighted by atomic mass is 10.0. The molecule has 0 radical (unpaired) electrons. The maximum atomic E-state index is 11.9. The lowest BCUT2D eigenvalue weighted by Crippen LogP contribution is -2.38. The van der Waals surface area contributed by atoms with Crippen LogP contribution in [0, 0.1) is 0 Å². The molecule has 2 aliphatic heterocycles. The molecule has 0 unspecified atom stereocenters. The van der Waals surface area contributed by atoms with Crippen molar-refractivity contribution in [2.45, 2.75) is 0 Å². The highest BCUT2D eigenvalue weighted by atomic mass is 35.5. The van der Waals surface area contributed by atoms with Gasteiger partial charge in [0.2, 0.25) is 0 Å². The van der Waals surface area contributed by atoms with Crippen molar-refractivity contribution in [3.63, 3.8) is 0 Å². The first-order chi connectivity index (χ1) is 12.9. The number of halogens is 2. The molecule has 6 nitrogen and oxygen atoms in total. The van der Waals surface area contributed by atoms with Crippen LogP contribution in [0.3, 0.4) is 0 Å². The van der Waals surface area contributed by atoms with Crippen LogP contribution in [-0.2, 0) is 10.0 Å². The quantitative estimate of drug-likeness (QED) is 0.746. The molecule has 0 N–H and O–H groups in total. The van der Waals surface area contributed by atoms with Gasteiger partial charge in [0.15, 0.2) is 5.84 Å². The predicted molar refractivity (Wildman–Crippen MR) is 107 cm³/mol. The van der Waals surface area contributed by atoms with E-state index in [1.165, 1.54) is 5.01 Å². The van der Waals surface area contributed by atoms with Gasteiger partial charge in [-0.25, -0.2) is 13.4 Å². The first-order valence-electron chi connectivity index (χ1n) is 8.00. The number of hydrazone groups is 1. The minimum absolute atomic E-state index is 0.0919. The zero-order chi connectivity index (χ0) is 19.0. The van der Waals surface area contributed by atoms with Crippen LogP contribution in [0.15, 0.2) is 64.1 Å². The maximum Gasteiger partial charge on any atom is 0.256 e. The lowest BCUT2D eigenvalue weighted by molar-refractivity contribution is 0.463. The number of ether oxygens (including phenoxy) is 1. The highest BCUT2D eigenvalue weighted by molar-refractivity contribution is 7.90. The standard InChI is InChI=1S/C18H13Cl2N3O3S/c19-13-3-7-15(8-4-13)26-14-5-1-12(2-6-14)16-11-17(20)21-23-9-10-27(24,25)22-18(16)23/h1-8,11H,9-10H2. The van der Waals surface area contributed by atoms with Crippen LogP contribution < -0.4 is 4.74 Å². The van der Waals surface area contributed by atoms with Gasteiger partial charge >= 0.3 is 0 Å². The Kier molecular flexibility index (Phi) is 4.67. The fourth-order valence-electron chi connectivity index (χ4n) is 2.70. The van der Waals surface area contributed by atoms with E-state index in [1.54, 1.807) is 42.5 Å². The van der Waals surface area contributed by atoms with E-state index in [1.807, 2.05) is 12.1 Å². The Labute approximate surface area is 166 Å². The summed E-state index contributed by atoms with van der Waals surface area (Å²) in [5.41, 5.74) is 1.35. The molecule has 0 amide bonds. The Morgan fingerprint density at radius 1 is 0.963 bits per heavy atom.